The van der Waals surface area contributed by atoms with E-state index < -0.39 is 0 Å². The highest BCUT2D eigenvalue weighted by molar-refractivity contribution is 5.26. The predicted molar refractivity (Wildman–Crippen MR) is 85.1 cm³/mol. The first-order valence-electron chi connectivity index (χ1n) is 7.99. The second-order valence-electron chi connectivity index (χ2n) is 6.43. The molecule has 1 N–H and O–H groups in total. The molecule has 112 valence electrons. The molecule has 1 aliphatic carbocycles. The van der Waals surface area contributed by atoms with E-state index in [9.17, 15) is 0 Å². The van der Waals surface area contributed by atoms with Crippen molar-refractivity contribution in [3.05, 3.63) is 35.4 Å². The summed E-state index contributed by atoms with van der Waals surface area (Å²) in [5.41, 5.74) is 2.80. The lowest BCUT2D eigenvalue weighted by atomic mass is 9.91. The molecule has 0 aliphatic heterocycles. The van der Waals surface area contributed by atoms with Gasteiger partial charge in [0.2, 0.25) is 0 Å². The van der Waals surface area contributed by atoms with Crippen LogP contribution < -0.4 is 5.32 Å². The molecule has 0 radical (unpaired) electrons. The first kappa shape index (κ1) is 15.5. The fourth-order valence-electron chi connectivity index (χ4n) is 3.13. The summed E-state index contributed by atoms with van der Waals surface area (Å²) in [5, 5.41) is 3.77. The Morgan fingerprint density at radius 1 is 1.05 bits per heavy atom. The smallest absolute Gasteiger partial charge is 0.0586 e. The van der Waals surface area contributed by atoms with Crippen LogP contribution in [-0.4, -0.2) is 19.3 Å². The summed E-state index contributed by atoms with van der Waals surface area (Å²) >= 11 is 0. The van der Waals surface area contributed by atoms with Crippen LogP contribution in [0.4, 0.5) is 0 Å². The molecule has 2 heteroatoms. The lowest BCUT2D eigenvalue weighted by Gasteiger charge is -2.31. The molecule has 1 aromatic carbocycles. The van der Waals surface area contributed by atoms with Gasteiger partial charge in [-0.2, -0.15) is 0 Å². The molecule has 1 fully saturated rings. The second kappa shape index (κ2) is 7.24. The van der Waals surface area contributed by atoms with Crippen LogP contribution in [0.3, 0.4) is 0 Å². The van der Waals surface area contributed by atoms with Crippen LogP contribution in [0.15, 0.2) is 24.3 Å². The predicted octanol–water partition coefficient (Wildman–Crippen LogP) is 4.42. The zero-order chi connectivity index (χ0) is 14.5. The van der Waals surface area contributed by atoms with Crippen LogP contribution in [0.2, 0.25) is 0 Å². The van der Waals surface area contributed by atoms with Crippen molar-refractivity contribution in [1.29, 1.82) is 0 Å². The Kier molecular flexibility index (Phi) is 5.62. The maximum absolute atomic E-state index is 5.51. The van der Waals surface area contributed by atoms with Crippen molar-refractivity contribution in [2.45, 2.75) is 70.6 Å². The third-order valence-electron chi connectivity index (χ3n) is 4.55. The SMILES string of the molecule is COC1CCCC(NC(C)c2ccc(C(C)C)cc2)C1. The number of nitrogens with one attached hydrogen (secondary N) is 1. The number of rotatable bonds is 5. The molecular formula is C18H29NO. The van der Waals surface area contributed by atoms with Gasteiger partial charge in [-0.25, -0.2) is 0 Å². The normalized spacial score (nSPS) is 24.9. The molecule has 0 saturated heterocycles. The molecule has 0 heterocycles. The van der Waals surface area contributed by atoms with Crippen LogP contribution in [0, 0.1) is 0 Å². The van der Waals surface area contributed by atoms with Crippen molar-refractivity contribution >= 4 is 0 Å². The van der Waals surface area contributed by atoms with Crippen LogP contribution in [-0.2, 0) is 4.74 Å². The first-order valence-corrected chi connectivity index (χ1v) is 7.99. The fraction of sp³-hybridized carbons (Fsp3) is 0.667. The standard InChI is InChI=1S/C18H29NO/c1-13(2)15-8-10-16(11-9-15)14(3)19-17-6-5-7-18(12-17)20-4/h8-11,13-14,17-19H,5-7,12H2,1-4H3. The van der Waals surface area contributed by atoms with E-state index in [-0.39, 0.29) is 0 Å². The van der Waals surface area contributed by atoms with Gasteiger partial charge in [-0.3, -0.25) is 0 Å². The fourth-order valence-corrected chi connectivity index (χ4v) is 3.13. The number of hydrogen-bond donors (Lipinski definition) is 1. The van der Waals surface area contributed by atoms with E-state index in [4.69, 9.17) is 4.74 Å². The van der Waals surface area contributed by atoms with Crippen molar-refractivity contribution in [3.8, 4) is 0 Å². The Morgan fingerprint density at radius 2 is 1.70 bits per heavy atom. The highest BCUT2D eigenvalue weighted by atomic mass is 16.5. The molecule has 3 unspecified atom stereocenters. The molecule has 0 spiro atoms. The number of methoxy groups -OCH3 is 1. The quantitative estimate of drug-likeness (QED) is 0.859. The third-order valence-corrected chi connectivity index (χ3v) is 4.55. The van der Waals surface area contributed by atoms with Crippen molar-refractivity contribution in [2.75, 3.05) is 7.11 Å². The largest absolute Gasteiger partial charge is 0.381 e. The Bertz CT molecular complexity index is 398. The molecule has 0 bridgehead atoms. The minimum Gasteiger partial charge on any atom is -0.381 e. The summed E-state index contributed by atoms with van der Waals surface area (Å²) in [5.74, 6) is 0.605. The van der Waals surface area contributed by atoms with Crippen molar-refractivity contribution < 1.29 is 4.74 Å². The van der Waals surface area contributed by atoms with Gasteiger partial charge >= 0.3 is 0 Å². The van der Waals surface area contributed by atoms with Crippen molar-refractivity contribution in [2.24, 2.45) is 0 Å². The zero-order valence-corrected chi connectivity index (χ0v) is 13.4. The lowest BCUT2D eigenvalue weighted by molar-refractivity contribution is 0.0572. The van der Waals surface area contributed by atoms with Crippen molar-refractivity contribution in [3.63, 3.8) is 0 Å². The van der Waals surface area contributed by atoms with E-state index in [1.807, 2.05) is 7.11 Å². The van der Waals surface area contributed by atoms with E-state index in [0.717, 1.165) is 6.42 Å². The molecular weight excluding hydrogens is 246 g/mol. The van der Waals surface area contributed by atoms with Gasteiger partial charge in [0.05, 0.1) is 6.10 Å². The topological polar surface area (TPSA) is 21.3 Å². The van der Waals surface area contributed by atoms with E-state index >= 15 is 0 Å². The molecule has 0 aromatic heterocycles. The van der Waals surface area contributed by atoms with Gasteiger partial charge in [0, 0.05) is 19.2 Å². The molecule has 1 aliphatic rings. The maximum Gasteiger partial charge on any atom is 0.0586 e. The summed E-state index contributed by atoms with van der Waals surface area (Å²) in [6.45, 7) is 6.74. The minimum absolute atomic E-state index is 0.414. The summed E-state index contributed by atoms with van der Waals surface area (Å²) in [4.78, 5) is 0. The summed E-state index contributed by atoms with van der Waals surface area (Å²) in [7, 11) is 1.83. The highest BCUT2D eigenvalue weighted by Crippen LogP contribution is 2.24. The van der Waals surface area contributed by atoms with E-state index in [0.29, 0.717) is 24.1 Å². The molecule has 0 amide bonds. The zero-order valence-electron chi connectivity index (χ0n) is 13.4. The Morgan fingerprint density at radius 3 is 2.30 bits per heavy atom. The monoisotopic (exact) mass is 275 g/mol. The highest BCUT2D eigenvalue weighted by Gasteiger charge is 2.22. The molecule has 20 heavy (non-hydrogen) atoms. The number of ether oxygens (including phenoxy) is 1. The average Bonchev–Trinajstić information content (AvgIpc) is 2.47. The molecule has 1 saturated carbocycles. The van der Waals surface area contributed by atoms with Gasteiger partial charge in [0.25, 0.3) is 0 Å². The van der Waals surface area contributed by atoms with Crippen LogP contribution in [0.1, 0.15) is 69.5 Å². The van der Waals surface area contributed by atoms with Crippen molar-refractivity contribution in [1.82, 2.24) is 5.32 Å². The second-order valence-corrected chi connectivity index (χ2v) is 6.43. The third kappa shape index (κ3) is 4.07. The van der Waals surface area contributed by atoms with Gasteiger partial charge in [-0.15, -0.1) is 0 Å². The molecule has 2 rings (SSSR count). The number of benzene rings is 1. The lowest BCUT2D eigenvalue weighted by Crippen LogP contribution is -2.38. The van der Waals surface area contributed by atoms with Gasteiger partial charge in [-0.05, 0) is 49.7 Å². The van der Waals surface area contributed by atoms with Gasteiger partial charge in [0.1, 0.15) is 0 Å². The average molecular weight is 275 g/mol. The molecule has 3 atom stereocenters. The molecule has 1 aromatic rings. The van der Waals surface area contributed by atoms with Gasteiger partial charge in [-0.1, -0.05) is 38.1 Å². The van der Waals surface area contributed by atoms with E-state index in [2.05, 4.69) is 50.4 Å². The number of hydrogen-bond acceptors (Lipinski definition) is 2. The van der Waals surface area contributed by atoms with E-state index in [1.54, 1.807) is 0 Å². The van der Waals surface area contributed by atoms with Gasteiger partial charge < -0.3 is 10.1 Å². The maximum atomic E-state index is 5.51. The Labute approximate surface area is 123 Å². The van der Waals surface area contributed by atoms with Crippen LogP contribution in [0.25, 0.3) is 0 Å². The van der Waals surface area contributed by atoms with Gasteiger partial charge in [0.15, 0.2) is 0 Å². The molecule has 2 nitrogen and oxygen atoms in total. The summed E-state index contributed by atoms with van der Waals surface area (Å²) < 4.78 is 5.51. The Balaban J connectivity index is 1.92. The van der Waals surface area contributed by atoms with Crippen LogP contribution >= 0.6 is 0 Å². The minimum atomic E-state index is 0.414. The summed E-state index contributed by atoms with van der Waals surface area (Å²) in [6.07, 6.45) is 5.34. The first-order chi connectivity index (χ1) is 9.60. The van der Waals surface area contributed by atoms with Crippen LogP contribution in [0.5, 0.6) is 0 Å². The Hall–Kier alpha value is -0.860. The summed E-state index contributed by atoms with van der Waals surface area (Å²) in [6, 6.07) is 10.1. The van der Waals surface area contributed by atoms with E-state index in [1.165, 1.54) is 30.4 Å².